The highest BCUT2D eigenvalue weighted by atomic mass is 79.9. The van der Waals surface area contributed by atoms with E-state index in [0.29, 0.717) is 4.47 Å². The van der Waals surface area contributed by atoms with Crippen LogP contribution in [0.3, 0.4) is 0 Å². The normalized spacial score (nSPS) is 11.8. The number of hydrogen-bond acceptors (Lipinski definition) is 1. The summed E-state index contributed by atoms with van der Waals surface area (Å²) in [5.74, 6) is 0. The van der Waals surface area contributed by atoms with Crippen LogP contribution in [-0.2, 0) is 11.5 Å². The minimum absolute atomic E-state index is 0.117. The Hall–Kier alpha value is -0.230. The zero-order chi connectivity index (χ0) is 10.9. The summed E-state index contributed by atoms with van der Waals surface area (Å²) in [6, 6.07) is 2.64. The lowest BCUT2D eigenvalue weighted by Gasteiger charge is -2.14. The molecule has 0 spiro atoms. The van der Waals surface area contributed by atoms with Crippen molar-refractivity contribution in [3.8, 4) is 0 Å². The Morgan fingerprint density at radius 3 is 2.29 bits per heavy atom. The highest BCUT2D eigenvalue weighted by Gasteiger charge is 2.35. The number of alkyl halides is 4. The van der Waals surface area contributed by atoms with Crippen molar-refractivity contribution in [1.29, 1.82) is 0 Å². The van der Waals surface area contributed by atoms with Crippen LogP contribution in [0.1, 0.15) is 11.1 Å². The van der Waals surface area contributed by atoms with Gasteiger partial charge in [-0.1, -0.05) is 31.9 Å². The third kappa shape index (κ3) is 2.42. The summed E-state index contributed by atoms with van der Waals surface area (Å²) in [5.41, 5.74) is 4.41. The molecule has 0 saturated carbocycles. The highest BCUT2D eigenvalue weighted by Crippen LogP contribution is 2.38. The molecular formula is C8H6Br2F3N. The van der Waals surface area contributed by atoms with Gasteiger partial charge in [-0.15, -0.1) is 0 Å². The molecule has 0 aliphatic rings. The number of nitrogen functional groups attached to an aromatic ring is 1. The summed E-state index contributed by atoms with van der Waals surface area (Å²) >= 11 is 6.08. The van der Waals surface area contributed by atoms with Crippen molar-refractivity contribution in [2.45, 2.75) is 11.5 Å². The van der Waals surface area contributed by atoms with Crippen LogP contribution >= 0.6 is 31.9 Å². The second kappa shape index (κ2) is 4.10. The lowest BCUT2D eigenvalue weighted by Crippen LogP contribution is -2.12. The molecule has 6 heteroatoms. The predicted octanol–water partition coefficient (Wildman–Crippen LogP) is 3.95. The molecule has 0 aliphatic carbocycles. The molecule has 0 aliphatic heterocycles. The van der Waals surface area contributed by atoms with E-state index in [1.54, 1.807) is 0 Å². The van der Waals surface area contributed by atoms with Crippen molar-refractivity contribution < 1.29 is 13.2 Å². The molecule has 0 saturated heterocycles. The fourth-order valence-corrected chi connectivity index (χ4v) is 2.10. The first kappa shape index (κ1) is 11.8. The molecule has 1 aromatic rings. The van der Waals surface area contributed by atoms with Gasteiger partial charge in [0.1, 0.15) is 0 Å². The van der Waals surface area contributed by atoms with E-state index in [0.717, 1.165) is 0 Å². The maximum Gasteiger partial charge on any atom is 0.418 e. The lowest BCUT2D eigenvalue weighted by molar-refractivity contribution is -0.137. The fraction of sp³-hybridized carbons (Fsp3) is 0.250. The fourth-order valence-electron chi connectivity index (χ4n) is 1.14. The summed E-state index contributed by atoms with van der Waals surface area (Å²) in [6.07, 6.45) is -4.41. The largest absolute Gasteiger partial charge is 0.418 e. The first-order valence-corrected chi connectivity index (χ1v) is 5.48. The molecule has 0 bridgehead atoms. The maximum atomic E-state index is 12.5. The molecule has 0 aromatic heterocycles. The van der Waals surface area contributed by atoms with Gasteiger partial charge in [0.2, 0.25) is 0 Å². The van der Waals surface area contributed by atoms with Gasteiger partial charge in [-0.25, -0.2) is 0 Å². The molecule has 78 valence electrons. The summed E-state index contributed by atoms with van der Waals surface area (Å²) in [4.78, 5) is 0. The van der Waals surface area contributed by atoms with Gasteiger partial charge in [0, 0.05) is 15.5 Å². The van der Waals surface area contributed by atoms with E-state index in [9.17, 15) is 13.2 Å². The van der Waals surface area contributed by atoms with Crippen LogP contribution in [0, 0.1) is 0 Å². The Bertz CT molecular complexity index is 349. The van der Waals surface area contributed by atoms with Crippen molar-refractivity contribution in [1.82, 2.24) is 0 Å². The summed E-state index contributed by atoms with van der Waals surface area (Å²) in [6.45, 7) is 0. The van der Waals surface area contributed by atoms with Gasteiger partial charge in [0.15, 0.2) is 0 Å². The number of benzene rings is 1. The molecule has 0 fully saturated rings. The van der Waals surface area contributed by atoms with Crippen LogP contribution < -0.4 is 5.73 Å². The molecule has 1 rings (SSSR count). The molecule has 1 nitrogen and oxygen atoms in total. The Kier molecular flexibility index (Phi) is 3.47. The molecule has 0 unspecified atom stereocenters. The van der Waals surface area contributed by atoms with E-state index in [1.165, 1.54) is 12.1 Å². The Morgan fingerprint density at radius 2 is 1.86 bits per heavy atom. The standard InChI is InChI=1S/C8H6Br2F3N/c9-3-4-1-5(10)2-6(14)7(4)8(11,12)13/h1-2H,3,14H2. The van der Waals surface area contributed by atoms with E-state index in [2.05, 4.69) is 31.9 Å². The zero-order valence-corrected chi connectivity index (χ0v) is 10.0. The first-order valence-electron chi connectivity index (χ1n) is 3.57. The van der Waals surface area contributed by atoms with Gasteiger partial charge in [-0.2, -0.15) is 13.2 Å². The SMILES string of the molecule is Nc1cc(Br)cc(CBr)c1C(F)(F)F. The maximum absolute atomic E-state index is 12.5. The Labute approximate surface area is 95.7 Å². The second-order valence-electron chi connectivity index (χ2n) is 2.66. The predicted molar refractivity (Wildman–Crippen MR) is 56.2 cm³/mol. The zero-order valence-electron chi connectivity index (χ0n) is 6.83. The van der Waals surface area contributed by atoms with Crippen molar-refractivity contribution >= 4 is 37.5 Å². The van der Waals surface area contributed by atoms with Crippen molar-refractivity contribution in [3.63, 3.8) is 0 Å². The molecule has 0 radical (unpaired) electrons. The lowest BCUT2D eigenvalue weighted by atomic mass is 10.1. The molecule has 2 N–H and O–H groups in total. The van der Waals surface area contributed by atoms with Crippen LogP contribution in [0.15, 0.2) is 16.6 Å². The van der Waals surface area contributed by atoms with Gasteiger partial charge in [0.05, 0.1) is 5.56 Å². The van der Waals surface area contributed by atoms with Crippen LogP contribution in [-0.4, -0.2) is 0 Å². The first-order chi connectivity index (χ1) is 6.36. The molecule has 0 amide bonds. The second-order valence-corrected chi connectivity index (χ2v) is 4.14. The van der Waals surface area contributed by atoms with Crippen LogP contribution in [0.25, 0.3) is 0 Å². The highest BCUT2D eigenvalue weighted by molar-refractivity contribution is 9.10. The van der Waals surface area contributed by atoms with Crippen LogP contribution in [0.4, 0.5) is 18.9 Å². The van der Waals surface area contributed by atoms with E-state index in [4.69, 9.17) is 5.73 Å². The number of rotatable bonds is 1. The van der Waals surface area contributed by atoms with E-state index < -0.39 is 11.7 Å². The molecule has 14 heavy (non-hydrogen) atoms. The summed E-state index contributed by atoms with van der Waals surface area (Å²) in [5, 5.41) is 0.117. The number of anilines is 1. The van der Waals surface area contributed by atoms with E-state index >= 15 is 0 Å². The van der Waals surface area contributed by atoms with Gasteiger partial charge >= 0.3 is 6.18 Å². The minimum atomic E-state index is -4.41. The van der Waals surface area contributed by atoms with Crippen molar-refractivity contribution in [3.05, 3.63) is 27.7 Å². The smallest absolute Gasteiger partial charge is 0.398 e. The number of hydrogen-bond donors (Lipinski definition) is 1. The van der Waals surface area contributed by atoms with E-state index in [-0.39, 0.29) is 16.6 Å². The average Bonchev–Trinajstić information content (AvgIpc) is 1.99. The third-order valence-corrected chi connectivity index (χ3v) is 2.70. The minimum Gasteiger partial charge on any atom is -0.398 e. The third-order valence-electron chi connectivity index (χ3n) is 1.64. The van der Waals surface area contributed by atoms with Gasteiger partial charge in [-0.3, -0.25) is 0 Å². The monoisotopic (exact) mass is 331 g/mol. The Balaban J connectivity index is 3.40. The topological polar surface area (TPSA) is 26.0 Å². The van der Waals surface area contributed by atoms with Gasteiger partial charge < -0.3 is 5.73 Å². The Morgan fingerprint density at radius 1 is 1.29 bits per heavy atom. The van der Waals surface area contributed by atoms with Crippen LogP contribution in [0.2, 0.25) is 0 Å². The summed E-state index contributed by atoms with van der Waals surface area (Å²) in [7, 11) is 0. The van der Waals surface area contributed by atoms with Crippen LogP contribution in [0.5, 0.6) is 0 Å². The average molecular weight is 333 g/mol. The van der Waals surface area contributed by atoms with Gasteiger partial charge in [-0.05, 0) is 17.7 Å². The van der Waals surface area contributed by atoms with Gasteiger partial charge in [0.25, 0.3) is 0 Å². The molecule has 0 heterocycles. The van der Waals surface area contributed by atoms with Crippen molar-refractivity contribution in [2.75, 3.05) is 5.73 Å². The quantitative estimate of drug-likeness (QED) is 0.611. The molecule has 0 atom stereocenters. The molecule has 1 aromatic carbocycles. The van der Waals surface area contributed by atoms with Crippen molar-refractivity contribution in [2.24, 2.45) is 0 Å². The number of halogens is 5. The number of nitrogens with two attached hydrogens (primary N) is 1. The van der Waals surface area contributed by atoms with E-state index in [1.807, 2.05) is 0 Å². The summed E-state index contributed by atoms with van der Waals surface area (Å²) < 4.78 is 38.1. The molecular weight excluding hydrogens is 327 g/mol.